The van der Waals surface area contributed by atoms with Crippen LogP contribution >= 0.6 is 0 Å². The first-order chi connectivity index (χ1) is 7.75. The molecule has 2 rings (SSSR count). The summed E-state index contributed by atoms with van der Waals surface area (Å²) in [7, 11) is 0. The summed E-state index contributed by atoms with van der Waals surface area (Å²) in [5.74, 6) is -0.626. The number of nitrogens with zero attached hydrogens (tertiary/aromatic N) is 1. The van der Waals surface area contributed by atoms with Gasteiger partial charge < -0.3 is 4.74 Å². The molecule has 0 saturated carbocycles. The molecule has 1 aromatic heterocycles. The summed E-state index contributed by atoms with van der Waals surface area (Å²) in [5, 5.41) is 0. The fraction of sp³-hybridized carbons (Fsp3) is 0.0833. The predicted octanol–water partition coefficient (Wildman–Crippen LogP) is 2.94. The van der Waals surface area contributed by atoms with E-state index in [9.17, 15) is 8.78 Å². The number of aromatic nitrogens is 1. The quantitative estimate of drug-likeness (QED) is 0.743. The summed E-state index contributed by atoms with van der Waals surface area (Å²) < 4.78 is 31.1. The van der Waals surface area contributed by atoms with Crippen LogP contribution in [0.15, 0.2) is 42.6 Å². The summed E-state index contributed by atoms with van der Waals surface area (Å²) in [5.41, 5.74) is 0.430. The zero-order chi connectivity index (χ0) is 11.4. The Morgan fingerprint density at radius 3 is 2.69 bits per heavy atom. The van der Waals surface area contributed by atoms with Crippen LogP contribution in [-0.2, 0) is 6.61 Å². The number of benzene rings is 1. The molecule has 2 aromatic rings. The Kier molecular flexibility index (Phi) is 3.10. The third kappa shape index (κ3) is 2.53. The molecule has 0 unspecified atom stereocenters. The van der Waals surface area contributed by atoms with Crippen molar-refractivity contribution in [2.24, 2.45) is 0 Å². The molecule has 2 nitrogen and oxygen atoms in total. The molecule has 0 atom stereocenters. The van der Waals surface area contributed by atoms with Gasteiger partial charge in [-0.2, -0.15) is 4.39 Å². The van der Waals surface area contributed by atoms with Crippen molar-refractivity contribution in [2.45, 2.75) is 6.61 Å². The summed E-state index contributed by atoms with van der Waals surface area (Å²) in [6, 6.07) is 8.96. The Balaban J connectivity index is 2.05. The number of rotatable bonds is 3. The van der Waals surface area contributed by atoms with Crippen LogP contribution in [-0.4, -0.2) is 4.98 Å². The fourth-order valence-electron chi connectivity index (χ4n) is 1.25. The Hall–Kier alpha value is -1.97. The largest absolute Gasteiger partial charge is 0.489 e. The maximum absolute atomic E-state index is 13.2. The molecule has 0 bridgehead atoms. The Morgan fingerprint density at radius 2 is 1.94 bits per heavy atom. The molecule has 0 fully saturated rings. The van der Waals surface area contributed by atoms with Crippen molar-refractivity contribution in [3.05, 3.63) is 59.9 Å². The maximum Gasteiger partial charge on any atom is 0.216 e. The van der Waals surface area contributed by atoms with E-state index in [2.05, 4.69) is 4.98 Å². The predicted molar refractivity (Wildman–Crippen MR) is 54.9 cm³/mol. The van der Waals surface area contributed by atoms with Crippen LogP contribution in [0.5, 0.6) is 5.75 Å². The molecule has 82 valence electrons. The van der Waals surface area contributed by atoms with Crippen LogP contribution in [0.4, 0.5) is 8.78 Å². The topological polar surface area (TPSA) is 22.1 Å². The first-order valence-corrected chi connectivity index (χ1v) is 4.73. The highest BCUT2D eigenvalue weighted by molar-refractivity contribution is 5.20. The van der Waals surface area contributed by atoms with Crippen molar-refractivity contribution in [1.29, 1.82) is 0 Å². The van der Waals surface area contributed by atoms with Gasteiger partial charge in [-0.25, -0.2) is 9.37 Å². The first kappa shape index (κ1) is 10.5. The minimum Gasteiger partial charge on any atom is -0.489 e. The second-order valence-electron chi connectivity index (χ2n) is 3.19. The number of pyridine rings is 1. The molecule has 0 aliphatic carbocycles. The van der Waals surface area contributed by atoms with E-state index in [1.165, 1.54) is 18.3 Å². The van der Waals surface area contributed by atoms with Gasteiger partial charge >= 0.3 is 0 Å². The minimum absolute atomic E-state index is 0.0656. The second kappa shape index (κ2) is 4.70. The molecular weight excluding hydrogens is 212 g/mol. The van der Waals surface area contributed by atoms with Crippen LogP contribution < -0.4 is 4.74 Å². The number of ether oxygens (including phenoxy) is 1. The van der Waals surface area contributed by atoms with Crippen molar-refractivity contribution in [2.75, 3.05) is 0 Å². The monoisotopic (exact) mass is 221 g/mol. The smallest absolute Gasteiger partial charge is 0.216 e. The molecule has 0 spiro atoms. The Morgan fingerprint density at radius 1 is 1.12 bits per heavy atom. The Labute approximate surface area is 91.5 Å². The van der Waals surface area contributed by atoms with Gasteiger partial charge in [0.15, 0.2) is 0 Å². The van der Waals surface area contributed by atoms with Crippen LogP contribution in [0.25, 0.3) is 0 Å². The lowest BCUT2D eigenvalue weighted by molar-refractivity contribution is 0.297. The molecule has 1 aromatic carbocycles. The van der Waals surface area contributed by atoms with E-state index in [0.717, 1.165) is 6.07 Å². The van der Waals surface area contributed by atoms with Crippen LogP contribution in [0.2, 0.25) is 0 Å². The lowest BCUT2D eigenvalue weighted by atomic mass is 10.2. The van der Waals surface area contributed by atoms with Crippen LogP contribution in [0.1, 0.15) is 5.56 Å². The van der Waals surface area contributed by atoms with Crippen LogP contribution in [0, 0.1) is 11.8 Å². The molecule has 16 heavy (non-hydrogen) atoms. The number of hydrogen-bond donors (Lipinski definition) is 0. The van der Waals surface area contributed by atoms with Gasteiger partial charge in [-0.3, -0.25) is 0 Å². The van der Waals surface area contributed by atoms with E-state index in [4.69, 9.17) is 4.74 Å². The molecular formula is C12H9F2NO. The van der Waals surface area contributed by atoms with Gasteiger partial charge in [0.2, 0.25) is 5.95 Å². The van der Waals surface area contributed by atoms with E-state index >= 15 is 0 Å². The van der Waals surface area contributed by atoms with E-state index in [0.29, 0.717) is 11.3 Å². The summed E-state index contributed by atoms with van der Waals surface area (Å²) >= 11 is 0. The molecule has 1 heterocycles. The third-order valence-electron chi connectivity index (χ3n) is 2.05. The van der Waals surface area contributed by atoms with E-state index < -0.39 is 5.95 Å². The Bertz CT molecular complexity index is 488. The van der Waals surface area contributed by atoms with Crippen molar-refractivity contribution >= 4 is 0 Å². The zero-order valence-electron chi connectivity index (χ0n) is 8.36. The van der Waals surface area contributed by atoms with Gasteiger partial charge in [0, 0.05) is 17.8 Å². The summed E-state index contributed by atoms with van der Waals surface area (Å²) in [6.07, 6.45) is 1.30. The second-order valence-corrected chi connectivity index (χ2v) is 3.19. The van der Waals surface area contributed by atoms with Gasteiger partial charge in [0.25, 0.3) is 0 Å². The zero-order valence-corrected chi connectivity index (χ0v) is 8.36. The number of halogens is 2. The molecule has 0 amide bonds. The molecule has 4 heteroatoms. The average Bonchev–Trinajstić information content (AvgIpc) is 2.28. The summed E-state index contributed by atoms with van der Waals surface area (Å²) in [6.45, 7) is 0.0656. The van der Waals surface area contributed by atoms with Gasteiger partial charge in [-0.05, 0) is 12.1 Å². The van der Waals surface area contributed by atoms with Crippen molar-refractivity contribution in [1.82, 2.24) is 4.98 Å². The lowest BCUT2D eigenvalue weighted by Gasteiger charge is -2.06. The van der Waals surface area contributed by atoms with Crippen LogP contribution in [0.3, 0.4) is 0 Å². The highest BCUT2D eigenvalue weighted by Gasteiger charge is 2.02. The highest BCUT2D eigenvalue weighted by Crippen LogP contribution is 2.14. The fourth-order valence-corrected chi connectivity index (χ4v) is 1.25. The average molecular weight is 221 g/mol. The standard InChI is InChI=1S/C12H9F2NO/c13-11-4-2-1-3-9(11)8-16-10-5-6-15-12(14)7-10/h1-7H,8H2. The molecule has 0 radical (unpaired) electrons. The highest BCUT2D eigenvalue weighted by atomic mass is 19.1. The van der Waals surface area contributed by atoms with Crippen molar-refractivity contribution in [3.8, 4) is 5.75 Å². The number of hydrogen-bond acceptors (Lipinski definition) is 2. The van der Waals surface area contributed by atoms with Gasteiger partial charge in [-0.1, -0.05) is 18.2 Å². The third-order valence-corrected chi connectivity index (χ3v) is 2.05. The van der Waals surface area contributed by atoms with Crippen molar-refractivity contribution < 1.29 is 13.5 Å². The SMILES string of the molecule is Fc1cc(OCc2ccccc2F)ccn1. The van der Waals surface area contributed by atoms with Gasteiger partial charge in [0.05, 0.1) is 0 Å². The van der Waals surface area contributed by atoms with E-state index in [-0.39, 0.29) is 12.4 Å². The summed E-state index contributed by atoms with van der Waals surface area (Å²) in [4.78, 5) is 3.39. The van der Waals surface area contributed by atoms with E-state index in [1.807, 2.05) is 0 Å². The lowest BCUT2D eigenvalue weighted by Crippen LogP contribution is -1.98. The molecule has 0 aliphatic rings. The van der Waals surface area contributed by atoms with Gasteiger partial charge in [-0.15, -0.1) is 0 Å². The molecule has 0 aliphatic heterocycles. The molecule has 0 saturated heterocycles. The molecule has 0 N–H and O–H groups in total. The maximum atomic E-state index is 13.2. The first-order valence-electron chi connectivity index (χ1n) is 4.73. The van der Waals surface area contributed by atoms with Gasteiger partial charge in [0.1, 0.15) is 18.2 Å². The normalized spacial score (nSPS) is 10.1. The van der Waals surface area contributed by atoms with E-state index in [1.54, 1.807) is 18.2 Å². The minimum atomic E-state index is -0.619. The van der Waals surface area contributed by atoms with Crippen molar-refractivity contribution in [3.63, 3.8) is 0 Å².